The molecule has 0 fully saturated rings. The quantitative estimate of drug-likeness (QED) is 0.429. The van der Waals surface area contributed by atoms with E-state index in [9.17, 15) is 22.9 Å². The Kier molecular flexibility index (Phi) is 4.83. The van der Waals surface area contributed by atoms with Crippen molar-refractivity contribution < 1.29 is 28.0 Å². The molecule has 0 heterocycles. The van der Waals surface area contributed by atoms with Crippen molar-refractivity contribution >= 4 is 49.8 Å². The van der Waals surface area contributed by atoms with Gasteiger partial charge in [-0.05, 0) is 18.2 Å². The number of phenols is 1. The number of carboxylic acid groups (broad SMARTS) is 1. The van der Waals surface area contributed by atoms with Crippen LogP contribution in [0.25, 0.3) is 10.8 Å². The van der Waals surface area contributed by atoms with Crippen LogP contribution in [0.5, 0.6) is 5.75 Å². The molecule has 0 aromatic heterocycles. The van der Waals surface area contributed by atoms with Gasteiger partial charge in [-0.25, -0.2) is 4.79 Å². The summed E-state index contributed by atoms with van der Waals surface area (Å²) in [5.74, 6) is -1.75. The highest BCUT2D eigenvalue weighted by Crippen LogP contribution is 2.40. The molecular weight excluding hydrogens is 396 g/mol. The van der Waals surface area contributed by atoms with Gasteiger partial charge in [0.1, 0.15) is 16.3 Å². The summed E-state index contributed by atoms with van der Waals surface area (Å²) < 4.78 is 32.4. The van der Waals surface area contributed by atoms with E-state index in [4.69, 9.17) is 16.7 Å². The van der Waals surface area contributed by atoms with Crippen LogP contribution in [0.1, 0.15) is 10.4 Å². The van der Waals surface area contributed by atoms with Crippen molar-refractivity contribution in [2.45, 2.75) is 4.90 Å². The van der Waals surface area contributed by atoms with Crippen molar-refractivity contribution in [3.05, 3.63) is 59.1 Å². The average molecular weight is 407 g/mol. The molecular formula is C17H11ClN2O6S. The van der Waals surface area contributed by atoms with Gasteiger partial charge in [-0.15, -0.1) is 5.11 Å². The molecule has 0 aliphatic rings. The third-order valence-electron chi connectivity index (χ3n) is 3.68. The van der Waals surface area contributed by atoms with E-state index in [2.05, 4.69) is 10.2 Å². The summed E-state index contributed by atoms with van der Waals surface area (Å²) in [4.78, 5) is 10.7. The maximum Gasteiger partial charge on any atom is 0.337 e. The molecule has 0 amide bonds. The predicted octanol–water partition coefficient (Wildman–Crippen LogP) is 4.56. The Morgan fingerprint density at radius 2 is 1.67 bits per heavy atom. The van der Waals surface area contributed by atoms with Gasteiger partial charge in [-0.1, -0.05) is 35.9 Å². The first-order valence-electron chi connectivity index (χ1n) is 7.35. The Hall–Kier alpha value is -3.01. The van der Waals surface area contributed by atoms with Crippen LogP contribution in [0.15, 0.2) is 63.7 Å². The first-order valence-corrected chi connectivity index (χ1v) is 9.17. The van der Waals surface area contributed by atoms with Crippen LogP contribution in [0.4, 0.5) is 11.4 Å². The van der Waals surface area contributed by atoms with E-state index >= 15 is 0 Å². The number of fused-ring (bicyclic) bond motifs is 1. The molecule has 0 saturated heterocycles. The second-order valence-corrected chi connectivity index (χ2v) is 7.23. The van der Waals surface area contributed by atoms with Crippen LogP contribution >= 0.6 is 11.6 Å². The number of aromatic carboxylic acids is 1. The molecule has 138 valence electrons. The molecule has 10 heteroatoms. The lowest BCUT2D eigenvalue weighted by Crippen LogP contribution is -1.99. The molecule has 0 spiro atoms. The number of carboxylic acids is 1. The standard InChI is InChI=1S/C17H11ClN2O6S/c18-13-6-5-9(7-12(13)17(22)23)19-20-16-11-4-2-1-3-10(11)15(8-14(16)21)27(24,25)26/h1-8,21H,(H,22,23)(H,24,25,26)/b20-19+. The molecule has 0 aliphatic carbocycles. The van der Waals surface area contributed by atoms with E-state index in [0.29, 0.717) is 0 Å². The minimum atomic E-state index is -4.57. The molecule has 0 aliphatic heterocycles. The van der Waals surface area contributed by atoms with E-state index in [1.807, 2.05) is 0 Å². The average Bonchev–Trinajstić information content (AvgIpc) is 2.60. The normalized spacial score (nSPS) is 11.9. The predicted molar refractivity (Wildman–Crippen MR) is 98.0 cm³/mol. The summed E-state index contributed by atoms with van der Waals surface area (Å²) in [6.45, 7) is 0. The van der Waals surface area contributed by atoms with Gasteiger partial charge in [0, 0.05) is 16.8 Å². The highest BCUT2D eigenvalue weighted by Gasteiger charge is 2.19. The van der Waals surface area contributed by atoms with Gasteiger partial charge < -0.3 is 10.2 Å². The number of hydrogen-bond acceptors (Lipinski definition) is 6. The fraction of sp³-hybridized carbons (Fsp3) is 0. The lowest BCUT2D eigenvalue weighted by atomic mass is 10.1. The molecule has 8 nitrogen and oxygen atoms in total. The first-order chi connectivity index (χ1) is 12.7. The summed E-state index contributed by atoms with van der Waals surface area (Å²) in [6, 6.07) is 11.0. The number of carbonyl (C=O) groups is 1. The lowest BCUT2D eigenvalue weighted by Gasteiger charge is -2.08. The van der Waals surface area contributed by atoms with Crippen LogP contribution < -0.4 is 0 Å². The van der Waals surface area contributed by atoms with Crippen LogP contribution in [0, 0.1) is 0 Å². The number of rotatable bonds is 4. The molecule has 27 heavy (non-hydrogen) atoms. The topological polar surface area (TPSA) is 137 Å². The molecule has 0 bridgehead atoms. The van der Waals surface area contributed by atoms with Crippen LogP contribution in [-0.4, -0.2) is 29.2 Å². The Morgan fingerprint density at radius 3 is 2.30 bits per heavy atom. The van der Waals surface area contributed by atoms with Crippen molar-refractivity contribution in [1.82, 2.24) is 0 Å². The number of halogens is 1. The van der Waals surface area contributed by atoms with Crippen LogP contribution in [-0.2, 0) is 10.1 Å². The Bertz CT molecular complexity index is 1210. The highest BCUT2D eigenvalue weighted by atomic mass is 35.5. The number of nitrogens with zero attached hydrogens (tertiary/aromatic N) is 2. The zero-order valence-electron chi connectivity index (χ0n) is 13.4. The molecule has 0 unspecified atom stereocenters. The lowest BCUT2D eigenvalue weighted by molar-refractivity contribution is 0.0697. The number of hydrogen-bond donors (Lipinski definition) is 3. The second kappa shape index (κ2) is 6.95. The van der Waals surface area contributed by atoms with E-state index in [1.165, 1.54) is 30.3 Å². The van der Waals surface area contributed by atoms with E-state index in [1.54, 1.807) is 12.1 Å². The second-order valence-electron chi connectivity index (χ2n) is 5.43. The number of benzene rings is 3. The third kappa shape index (κ3) is 3.75. The van der Waals surface area contributed by atoms with E-state index in [-0.39, 0.29) is 32.7 Å². The molecule has 3 N–H and O–H groups in total. The largest absolute Gasteiger partial charge is 0.506 e. The molecule has 0 saturated carbocycles. The molecule has 0 radical (unpaired) electrons. The summed E-state index contributed by atoms with van der Waals surface area (Å²) in [6.07, 6.45) is 0. The minimum absolute atomic E-state index is 0.0345. The Morgan fingerprint density at radius 1 is 1.00 bits per heavy atom. The van der Waals surface area contributed by atoms with Gasteiger partial charge in [0.25, 0.3) is 10.1 Å². The number of aromatic hydroxyl groups is 1. The zero-order valence-corrected chi connectivity index (χ0v) is 14.9. The van der Waals surface area contributed by atoms with Gasteiger partial charge in [0.2, 0.25) is 0 Å². The summed E-state index contributed by atoms with van der Waals surface area (Å²) >= 11 is 5.80. The maximum absolute atomic E-state index is 11.5. The zero-order chi connectivity index (χ0) is 19.8. The van der Waals surface area contributed by atoms with Gasteiger partial charge in [-0.3, -0.25) is 4.55 Å². The molecule has 3 rings (SSSR count). The van der Waals surface area contributed by atoms with Crippen molar-refractivity contribution in [3.8, 4) is 5.75 Å². The summed E-state index contributed by atoms with van der Waals surface area (Å²) in [5, 5.41) is 27.5. The maximum atomic E-state index is 11.5. The fourth-order valence-electron chi connectivity index (χ4n) is 2.48. The van der Waals surface area contributed by atoms with Crippen LogP contribution in [0.3, 0.4) is 0 Å². The molecule has 3 aromatic rings. The van der Waals surface area contributed by atoms with Gasteiger partial charge in [0.15, 0.2) is 0 Å². The number of azo groups is 1. The Balaban J connectivity index is 2.16. The van der Waals surface area contributed by atoms with E-state index in [0.717, 1.165) is 6.07 Å². The monoisotopic (exact) mass is 406 g/mol. The van der Waals surface area contributed by atoms with Crippen molar-refractivity contribution in [2.24, 2.45) is 10.2 Å². The van der Waals surface area contributed by atoms with Gasteiger partial charge in [-0.2, -0.15) is 13.5 Å². The SMILES string of the molecule is O=C(O)c1cc(/N=N/c2c(O)cc(S(=O)(=O)O)c3ccccc23)ccc1Cl. The van der Waals surface area contributed by atoms with Crippen molar-refractivity contribution in [2.75, 3.05) is 0 Å². The highest BCUT2D eigenvalue weighted by molar-refractivity contribution is 7.86. The molecule has 3 aromatic carbocycles. The first kappa shape index (κ1) is 18.8. The van der Waals surface area contributed by atoms with Gasteiger partial charge >= 0.3 is 5.97 Å². The Labute approximate surface area is 158 Å². The summed E-state index contributed by atoms with van der Waals surface area (Å²) in [5.41, 5.74) is -0.0344. The van der Waals surface area contributed by atoms with Crippen molar-refractivity contribution in [1.29, 1.82) is 0 Å². The minimum Gasteiger partial charge on any atom is -0.506 e. The third-order valence-corrected chi connectivity index (χ3v) is 4.90. The van der Waals surface area contributed by atoms with Gasteiger partial charge in [0.05, 0.1) is 16.3 Å². The smallest absolute Gasteiger partial charge is 0.337 e. The van der Waals surface area contributed by atoms with Crippen LogP contribution in [0.2, 0.25) is 5.02 Å². The fourth-order valence-corrected chi connectivity index (χ4v) is 3.39. The van der Waals surface area contributed by atoms with E-state index < -0.39 is 26.7 Å². The van der Waals surface area contributed by atoms with Crippen molar-refractivity contribution in [3.63, 3.8) is 0 Å². The molecule has 0 atom stereocenters. The number of phenolic OH excluding ortho intramolecular Hbond substituents is 1. The summed E-state index contributed by atoms with van der Waals surface area (Å²) in [7, 11) is -4.57.